The number of alkyl halides is 1. The van der Waals surface area contributed by atoms with E-state index in [1.807, 2.05) is 40.1 Å². The molecule has 0 saturated carbocycles. The number of ether oxygens (including phenoxy) is 2. The van der Waals surface area contributed by atoms with E-state index in [0.717, 1.165) is 23.6 Å². The zero-order valence-electron chi connectivity index (χ0n) is 15.7. The minimum atomic E-state index is -0.359. The van der Waals surface area contributed by atoms with Crippen LogP contribution >= 0.6 is 11.6 Å². The van der Waals surface area contributed by atoms with Gasteiger partial charge in [-0.05, 0) is 14.1 Å². The Morgan fingerprint density at radius 3 is 1.67 bits per heavy atom. The van der Waals surface area contributed by atoms with Crippen molar-refractivity contribution in [2.45, 2.75) is 0 Å². The average Bonchev–Trinajstić information content (AvgIpc) is 2.47. The van der Waals surface area contributed by atoms with Crippen LogP contribution in [0.15, 0.2) is 25.3 Å². The monoisotopic (exact) mass is 386 g/mol. The standard InChI is InChI=1S/C8H16NO2.C7H13NO2.CH3Cl.ClH/c1-5-8(10)11-7-6-9(2,3)4;1-4-7(9)10-6-5-8(2)3;1-2;/h5H,1,6-7H2,2-4H3;4H,1,5-6H2,2-3H3;1H3;1H/q+1;;;/p-1. The van der Waals surface area contributed by atoms with Crippen LogP contribution in [0.4, 0.5) is 0 Å². The topological polar surface area (TPSA) is 55.8 Å². The molecule has 0 radical (unpaired) electrons. The van der Waals surface area contributed by atoms with Crippen LogP contribution in [0, 0.1) is 0 Å². The van der Waals surface area contributed by atoms with Gasteiger partial charge in [0.1, 0.15) is 19.8 Å². The smallest absolute Gasteiger partial charge is 0.330 e. The Kier molecular flexibility index (Phi) is 25.6. The van der Waals surface area contributed by atoms with Crippen LogP contribution < -0.4 is 12.4 Å². The number of nitrogens with zero attached hydrogens (tertiary/aromatic N) is 2. The lowest BCUT2D eigenvalue weighted by Crippen LogP contribution is -3.00. The molecule has 0 aromatic carbocycles. The minimum absolute atomic E-state index is 0. The molecule has 0 amide bonds. The van der Waals surface area contributed by atoms with E-state index in [9.17, 15) is 9.59 Å². The van der Waals surface area contributed by atoms with Gasteiger partial charge in [0.05, 0.1) is 21.1 Å². The lowest BCUT2D eigenvalue weighted by molar-refractivity contribution is -0.870. The van der Waals surface area contributed by atoms with E-state index >= 15 is 0 Å². The van der Waals surface area contributed by atoms with Crippen LogP contribution in [0.2, 0.25) is 0 Å². The van der Waals surface area contributed by atoms with Crippen LogP contribution in [-0.4, -0.2) is 89.2 Å². The summed E-state index contributed by atoms with van der Waals surface area (Å²) in [6.45, 7) is 9.02. The normalized spacial score (nSPS) is 9.17. The van der Waals surface area contributed by atoms with E-state index in [-0.39, 0.29) is 24.3 Å². The Labute approximate surface area is 158 Å². The fourth-order valence-electron chi connectivity index (χ4n) is 0.867. The Morgan fingerprint density at radius 1 is 1.00 bits per heavy atom. The highest BCUT2D eigenvalue weighted by molar-refractivity contribution is 6.15. The summed E-state index contributed by atoms with van der Waals surface area (Å²) in [5.74, 6) is -0.708. The number of carbonyl (C=O) groups excluding carboxylic acids is 2. The fourth-order valence-corrected chi connectivity index (χ4v) is 0.867. The SMILES string of the molecule is C=CC(=O)OCCN(C)C.C=CC(=O)OCC[N+](C)(C)C.CCl.[Cl-]. The molecule has 0 saturated heterocycles. The first-order chi connectivity index (χ1) is 10.6. The lowest BCUT2D eigenvalue weighted by Gasteiger charge is -2.23. The first-order valence-corrected chi connectivity index (χ1v) is 7.79. The molecule has 0 unspecified atom stereocenters. The third-order valence-electron chi connectivity index (χ3n) is 2.12. The van der Waals surface area contributed by atoms with Crippen molar-refractivity contribution < 1.29 is 36.0 Å². The Bertz CT molecular complexity index is 343. The van der Waals surface area contributed by atoms with E-state index in [0.29, 0.717) is 13.2 Å². The molecule has 0 fully saturated rings. The van der Waals surface area contributed by atoms with Gasteiger partial charge < -0.3 is 31.3 Å². The van der Waals surface area contributed by atoms with Crippen molar-refractivity contribution >= 4 is 23.5 Å². The van der Waals surface area contributed by atoms with E-state index in [2.05, 4.69) is 24.8 Å². The van der Waals surface area contributed by atoms with Gasteiger partial charge in [-0.25, -0.2) is 9.59 Å². The summed E-state index contributed by atoms with van der Waals surface area (Å²) in [7, 11) is 9.97. The van der Waals surface area contributed by atoms with Crippen molar-refractivity contribution in [2.24, 2.45) is 0 Å². The third-order valence-corrected chi connectivity index (χ3v) is 2.12. The van der Waals surface area contributed by atoms with Gasteiger partial charge in [-0.15, -0.1) is 11.6 Å². The summed E-state index contributed by atoms with van der Waals surface area (Å²) in [6, 6.07) is 0. The van der Waals surface area contributed by atoms with Crippen molar-refractivity contribution in [3.05, 3.63) is 25.3 Å². The van der Waals surface area contributed by atoms with E-state index < -0.39 is 0 Å². The van der Waals surface area contributed by atoms with E-state index in [1.54, 1.807) is 0 Å². The molecule has 0 atom stereocenters. The molecular formula is C16H32Cl2N2O4. The Morgan fingerprint density at radius 2 is 1.38 bits per heavy atom. The summed E-state index contributed by atoms with van der Waals surface area (Å²) >= 11 is 4.64. The molecule has 0 rings (SSSR count). The molecule has 0 aliphatic carbocycles. The van der Waals surface area contributed by atoms with Crippen LogP contribution in [0.1, 0.15) is 0 Å². The summed E-state index contributed by atoms with van der Waals surface area (Å²) in [5.41, 5.74) is 0. The number of carbonyl (C=O) groups is 2. The van der Waals surface area contributed by atoms with Crippen molar-refractivity contribution in [1.29, 1.82) is 0 Å². The van der Waals surface area contributed by atoms with Crippen molar-refractivity contribution in [3.8, 4) is 0 Å². The van der Waals surface area contributed by atoms with Crippen LogP contribution in [0.3, 0.4) is 0 Å². The summed E-state index contributed by atoms with van der Waals surface area (Å²) < 4.78 is 10.3. The molecule has 0 heterocycles. The summed E-state index contributed by atoms with van der Waals surface area (Å²) in [4.78, 5) is 22.9. The summed E-state index contributed by atoms with van der Waals surface area (Å²) in [5, 5.41) is 0. The second kappa shape index (κ2) is 20.0. The highest BCUT2D eigenvalue weighted by atomic mass is 35.5. The maximum Gasteiger partial charge on any atom is 0.330 e. The molecule has 0 N–H and O–H groups in total. The number of hydrogen-bond acceptors (Lipinski definition) is 5. The molecule has 144 valence electrons. The summed E-state index contributed by atoms with van der Waals surface area (Å²) in [6.07, 6.45) is 3.81. The molecule has 0 aliphatic heterocycles. The lowest BCUT2D eigenvalue weighted by atomic mass is 10.5. The van der Waals surface area contributed by atoms with Crippen LogP contribution in [0.5, 0.6) is 0 Å². The third kappa shape index (κ3) is 32.8. The molecule has 0 aliphatic rings. The fraction of sp³-hybridized carbons (Fsp3) is 0.625. The number of esters is 2. The van der Waals surface area contributed by atoms with Crippen LogP contribution in [-0.2, 0) is 19.1 Å². The van der Waals surface area contributed by atoms with Gasteiger partial charge >= 0.3 is 11.9 Å². The number of halogens is 2. The highest BCUT2D eigenvalue weighted by Gasteiger charge is 2.06. The quantitative estimate of drug-likeness (QED) is 0.221. The maximum atomic E-state index is 10.6. The van der Waals surface area contributed by atoms with Crippen molar-refractivity contribution in [1.82, 2.24) is 4.90 Å². The van der Waals surface area contributed by atoms with Gasteiger partial charge in [0.25, 0.3) is 0 Å². The highest BCUT2D eigenvalue weighted by Crippen LogP contribution is 1.89. The number of hydrogen-bond donors (Lipinski definition) is 0. The van der Waals surface area contributed by atoms with Gasteiger partial charge in [0, 0.05) is 25.1 Å². The molecule has 0 bridgehead atoms. The number of rotatable bonds is 8. The zero-order chi connectivity index (χ0) is 18.9. The van der Waals surface area contributed by atoms with Gasteiger partial charge in [0.15, 0.2) is 0 Å². The molecule has 0 aromatic rings. The number of quaternary nitrogens is 1. The first-order valence-electron chi connectivity index (χ1n) is 7.03. The molecule has 24 heavy (non-hydrogen) atoms. The van der Waals surface area contributed by atoms with Gasteiger partial charge in [-0.1, -0.05) is 13.2 Å². The van der Waals surface area contributed by atoms with Gasteiger partial charge in [-0.3, -0.25) is 0 Å². The Hall–Kier alpha value is -1.08. The second-order valence-electron chi connectivity index (χ2n) is 5.56. The molecular weight excluding hydrogens is 355 g/mol. The maximum absolute atomic E-state index is 10.6. The Balaban J connectivity index is -0.000000146. The van der Waals surface area contributed by atoms with Crippen molar-refractivity contribution in [3.63, 3.8) is 0 Å². The predicted molar refractivity (Wildman–Crippen MR) is 95.5 cm³/mol. The number of likely N-dealkylation sites (N-methyl/N-ethyl adjacent to an activating group) is 2. The van der Waals surface area contributed by atoms with E-state index in [1.165, 1.54) is 12.5 Å². The zero-order valence-corrected chi connectivity index (χ0v) is 17.2. The molecule has 0 aromatic heterocycles. The van der Waals surface area contributed by atoms with Gasteiger partial charge in [0.2, 0.25) is 0 Å². The minimum Gasteiger partial charge on any atom is -1.00 e. The second-order valence-corrected chi connectivity index (χ2v) is 5.56. The van der Waals surface area contributed by atoms with Gasteiger partial charge in [-0.2, -0.15) is 0 Å². The average molecular weight is 387 g/mol. The molecule has 8 heteroatoms. The predicted octanol–water partition coefficient (Wildman–Crippen LogP) is -1.44. The van der Waals surface area contributed by atoms with E-state index in [4.69, 9.17) is 9.47 Å². The molecule has 0 spiro atoms. The molecule has 6 nitrogen and oxygen atoms in total. The van der Waals surface area contributed by atoms with Crippen LogP contribution in [0.25, 0.3) is 0 Å². The largest absolute Gasteiger partial charge is 1.00 e. The first kappa shape index (κ1) is 30.8. The van der Waals surface area contributed by atoms with Crippen molar-refractivity contribution in [2.75, 3.05) is 67.9 Å².